The molecule has 2 atom stereocenters. The molecule has 7 heteroatoms. The SMILES string of the molecule is O=C([O-])CCC(=O)[O-].[NH-][C@@H]1CCCC[C@H]1[N-]C1CCCC1.[Pt+4]. The van der Waals surface area contributed by atoms with E-state index in [1.54, 1.807) is 0 Å². The van der Waals surface area contributed by atoms with Crippen molar-refractivity contribution < 1.29 is 40.9 Å². The molecule has 2 rings (SSSR count). The predicted molar refractivity (Wildman–Crippen MR) is 75.2 cm³/mol. The van der Waals surface area contributed by atoms with Gasteiger partial charge < -0.3 is 30.9 Å². The van der Waals surface area contributed by atoms with Gasteiger partial charge in [-0.1, -0.05) is 51.4 Å². The second-order valence-electron chi connectivity index (χ2n) is 5.79. The zero-order chi connectivity index (χ0) is 15.7. The first-order chi connectivity index (χ1) is 9.99. The number of carboxylic acid groups (broad SMARTS) is 2. The molecule has 0 aromatic carbocycles. The first-order valence-corrected chi connectivity index (χ1v) is 7.80. The van der Waals surface area contributed by atoms with Crippen LogP contribution in [0.3, 0.4) is 0 Å². The fraction of sp³-hybridized carbons (Fsp3) is 0.867. The van der Waals surface area contributed by atoms with E-state index in [0.717, 1.165) is 6.42 Å². The molecule has 2 saturated carbocycles. The van der Waals surface area contributed by atoms with Crippen LogP contribution in [-0.2, 0) is 30.7 Å². The summed E-state index contributed by atoms with van der Waals surface area (Å²) in [6, 6.07) is 1.13. The summed E-state index contributed by atoms with van der Waals surface area (Å²) >= 11 is 0. The van der Waals surface area contributed by atoms with Crippen molar-refractivity contribution in [2.45, 2.75) is 82.3 Å². The molecule has 0 saturated heterocycles. The van der Waals surface area contributed by atoms with Crippen molar-refractivity contribution in [1.82, 2.24) is 0 Å². The third-order valence-corrected chi connectivity index (χ3v) is 3.99. The second kappa shape index (κ2) is 12.0. The Morgan fingerprint density at radius 2 is 1.36 bits per heavy atom. The first kappa shape index (κ1) is 21.5. The molecule has 128 valence electrons. The zero-order valence-corrected chi connectivity index (χ0v) is 15.0. The maximum Gasteiger partial charge on any atom is 4.00 e. The summed E-state index contributed by atoms with van der Waals surface area (Å²) in [5, 5.41) is 23.8. The van der Waals surface area contributed by atoms with Gasteiger partial charge in [0.15, 0.2) is 0 Å². The van der Waals surface area contributed by atoms with E-state index >= 15 is 0 Å². The molecule has 6 nitrogen and oxygen atoms in total. The van der Waals surface area contributed by atoms with Crippen molar-refractivity contribution in [2.24, 2.45) is 0 Å². The van der Waals surface area contributed by atoms with Crippen LogP contribution in [0.2, 0.25) is 0 Å². The number of hydrogen-bond acceptors (Lipinski definition) is 4. The smallest absolute Gasteiger partial charge is 0.676 e. The van der Waals surface area contributed by atoms with Gasteiger partial charge in [-0.2, -0.15) is 12.1 Å². The van der Waals surface area contributed by atoms with E-state index in [0.29, 0.717) is 12.1 Å². The van der Waals surface area contributed by atoms with Crippen LogP contribution in [0.1, 0.15) is 64.2 Å². The number of nitrogens with zero attached hydrogens (tertiary/aromatic N) is 1. The number of hydrogen-bond donors (Lipinski definition) is 0. The van der Waals surface area contributed by atoms with Gasteiger partial charge in [-0.25, -0.2) is 0 Å². The van der Waals surface area contributed by atoms with Gasteiger partial charge in [0, 0.05) is 11.9 Å². The van der Waals surface area contributed by atoms with Gasteiger partial charge in [0.05, 0.1) is 0 Å². The van der Waals surface area contributed by atoms with Crippen molar-refractivity contribution in [3.05, 3.63) is 11.1 Å². The van der Waals surface area contributed by atoms with Crippen LogP contribution in [-0.4, -0.2) is 30.1 Å². The molecule has 0 unspecified atom stereocenters. The molecule has 0 amide bonds. The molecule has 0 spiro atoms. The molecule has 0 bridgehead atoms. The monoisotopic (exact) mass is 491 g/mol. The summed E-state index contributed by atoms with van der Waals surface area (Å²) in [4.78, 5) is 19.0. The van der Waals surface area contributed by atoms with Gasteiger partial charge in [-0.15, -0.1) is 6.04 Å². The Bertz CT molecular complexity index is 322. The summed E-state index contributed by atoms with van der Waals surface area (Å²) in [6.45, 7) is 0. The third-order valence-electron chi connectivity index (χ3n) is 3.99. The quantitative estimate of drug-likeness (QED) is 0.569. The van der Waals surface area contributed by atoms with Crippen LogP contribution in [0.4, 0.5) is 0 Å². The number of carbonyl (C=O) groups is 2. The molecule has 2 fully saturated rings. The summed E-state index contributed by atoms with van der Waals surface area (Å²) in [7, 11) is 0. The zero-order valence-electron chi connectivity index (χ0n) is 12.7. The number of nitrogens with one attached hydrogen (secondary N) is 1. The van der Waals surface area contributed by atoms with Crippen LogP contribution in [0.5, 0.6) is 0 Å². The Morgan fingerprint density at radius 1 is 0.909 bits per heavy atom. The minimum atomic E-state index is -1.37. The van der Waals surface area contributed by atoms with E-state index in [4.69, 9.17) is 11.1 Å². The van der Waals surface area contributed by atoms with E-state index in [2.05, 4.69) is 0 Å². The van der Waals surface area contributed by atoms with Crippen molar-refractivity contribution in [1.29, 1.82) is 0 Å². The minimum Gasteiger partial charge on any atom is -0.676 e. The standard InChI is InChI=1S/C11H20N2.C4H6O4.Pt/c12-10-7-3-4-8-11(10)13-9-5-1-2-6-9;5-3(6)1-2-4(7)8;/h9-12H,1-8H2;1-2H2,(H,5,6)(H,7,8);/q-2;;+4/p-2/t10-,11-;;/m1../s1. The second-order valence-corrected chi connectivity index (χ2v) is 5.79. The molecular formula is C15H24N2O4Pt. The van der Waals surface area contributed by atoms with Gasteiger partial charge in [0.2, 0.25) is 0 Å². The summed E-state index contributed by atoms with van der Waals surface area (Å²) in [5.74, 6) is -2.73. The predicted octanol–water partition coefficient (Wildman–Crippen LogP) is 0.930. The van der Waals surface area contributed by atoms with Crippen molar-refractivity contribution >= 4 is 11.9 Å². The van der Waals surface area contributed by atoms with Gasteiger partial charge in [-0.3, -0.25) is 0 Å². The average Bonchev–Trinajstić information content (AvgIpc) is 2.93. The molecule has 0 aromatic heterocycles. The number of aliphatic carboxylic acids is 2. The third kappa shape index (κ3) is 9.54. The van der Waals surface area contributed by atoms with E-state index in [-0.39, 0.29) is 27.1 Å². The molecule has 2 aliphatic carbocycles. The maximum atomic E-state index is 9.50. The Balaban J connectivity index is 0.000000432. The molecule has 0 aromatic rings. The normalized spacial score (nSPS) is 24.8. The van der Waals surface area contributed by atoms with E-state index in [1.807, 2.05) is 0 Å². The molecule has 0 aliphatic heterocycles. The Labute approximate surface area is 146 Å². The fourth-order valence-electron chi connectivity index (χ4n) is 2.82. The summed E-state index contributed by atoms with van der Waals surface area (Å²) in [5.41, 5.74) is 7.90. The van der Waals surface area contributed by atoms with Gasteiger partial charge in [0.1, 0.15) is 0 Å². The fourth-order valence-corrected chi connectivity index (χ4v) is 2.82. The minimum absolute atomic E-state index is 0. The van der Waals surface area contributed by atoms with E-state index < -0.39 is 24.8 Å². The molecule has 22 heavy (non-hydrogen) atoms. The molecule has 1 N–H and O–H groups in total. The van der Waals surface area contributed by atoms with Gasteiger partial charge >= 0.3 is 21.1 Å². The number of carboxylic acids is 2. The first-order valence-electron chi connectivity index (χ1n) is 7.80. The molecule has 2 aliphatic rings. The van der Waals surface area contributed by atoms with E-state index in [9.17, 15) is 19.8 Å². The molecule has 0 radical (unpaired) electrons. The number of rotatable bonds is 5. The van der Waals surface area contributed by atoms with Crippen LogP contribution in [0, 0.1) is 0 Å². The largest absolute Gasteiger partial charge is 4.00 e. The Hall–Kier alpha value is -0.452. The maximum absolute atomic E-state index is 9.50. The number of carbonyl (C=O) groups excluding carboxylic acids is 2. The van der Waals surface area contributed by atoms with E-state index in [1.165, 1.54) is 44.9 Å². The Kier molecular flexibility index (Phi) is 11.8. The Morgan fingerprint density at radius 3 is 1.82 bits per heavy atom. The van der Waals surface area contributed by atoms with Crippen LogP contribution < -0.4 is 10.2 Å². The van der Waals surface area contributed by atoms with Crippen LogP contribution in [0.25, 0.3) is 11.1 Å². The summed E-state index contributed by atoms with van der Waals surface area (Å²) < 4.78 is 0. The van der Waals surface area contributed by atoms with Crippen molar-refractivity contribution in [2.75, 3.05) is 0 Å². The van der Waals surface area contributed by atoms with Crippen LogP contribution in [0.15, 0.2) is 0 Å². The van der Waals surface area contributed by atoms with Gasteiger partial charge in [-0.05, 0) is 12.8 Å². The molecule has 0 heterocycles. The average molecular weight is 491 g/mol. The van der Waals surface area contributed by atoms with Crippen molar-refractivity contribution in [3.63, 3.8) is 0 Å². The molecular weight excluding hydrogens is 467 g/mol. The van der Waals surface area contributed by atoms with Crippen LogP contribution >= 0.6 is 0 Å². The topological polar surface area (TPSA) is 118 Å². The van der Waals surface area contributed by atoms with Crippen molar-refractivity contribution in [3.8, 4) is 0 Å². The van der Waals surface area contributed by atoms with Gasteiger partial charge in [0.25, 0.3) is 0 Å². The summed E-state index contributed by atoms with van der Waals surface area (Å²) in [6.07, 6.45) is 9.21.